The van der Waals surface area contributed by atoms with Crippen LogP contribution in [0.25, 0.3) is 0 Å². The van der Waals surface area contributed by atoms with Gasteiger partial charge in [0.15, 0.2) is 0 Å². The van der Waals surface area contributed by atoms with Crippen LogP contribution in [0.1, 0.15) is 17.2 Å². The van der Waals surface area contributed by atoms with Crippen molar-refractivity contribution in [3.63, 3.8) is 0 Å². The number of fused-ring (bicyclic) bond motifs is 1. The fourth-order valence-corrected chi connectivity index (χ4v) is 4.04. The van der Waals surface area contributed by atoms with Crippen molar-refractivity contribution in [1.29, 1.82) is 0 Å². The molecule has 0 spiro atoms. The van der Waals surface area contributed by atoms with Gasteiger partial charge in [-0.3, -0.25) is 4.79 Å². The maximum Gasteiger partial charge on any atom is 0.230 e. The van der Waals surface area contributed by atoms with E-state index in [-0.39, 0.29) is 11.9 Å². The van der Waals surface area contributed by atoms with Gasteiger partial charge in [-0.15, -0.1) is 23.1 Å². The lowest BCUT2D eigenvalue weighted by Gasteiger charge is -2.17. The molecular weight excluding hydrogens is 290 g/mol. The number of thiophene rings is 1. The average molecular weight is 305 g/mol. The Hall–Kier alpha value is -1.30. The minimum absolute atomic E-state index is 0.0378. The van der Waals surface area contributed by atoms with E-state index >= 15 is 0 Å². The van der Waals surface area contributed by atoms with Crippen molar-refractivity contribution in [3.05, 3.63) is 52.9 Å². The lowest BCUT2D eigenvalue weighted by atomic mass is 10.1. The van der Waals surface area contributed by atoms with Crippen LogP contribution in [-0.4, -0.2) is 22.9 Å². The monoisotopic (exact) mass is 305 g/mol. The highest BCUT2D eigenvalue weighted by molar-refractivity contribution is 8.01. The van der Waals surface area contributed by atoms with Gasteiger partial charge in [-0.1, -0.05) is 30.3 Å². The van der Waals surface area contributed by atoms with E-state index in [0.717, 1.165) is 15.3 Å². The lowest BCUT2D eigenvalue weighted by Crippen LogP contribution is -2.34. The molecule has 2 atom stereocenters. The highest BCUT2D eigenvalue weighted by Gasteiger charge is 2.31. The van der Waals surface area contributed by atoms with E-state index in [1.54, 1.807) is 11.3 Å². The largest absolute Gasteiger partial charge is 0.390 e. The maximum atomic E-state index is 12.0. The standard InChI is InChI=1S/C15H15NO2S2/c17-12-8-10-4-1-2-5-11(10)15(12)16-13(18)9-20-14-6-3-7-19-14/h1-7,12,15,17H,8-9H2,(H,16,18)/t12-,15+/m0/s1. The van der Waals surface area contributed by atoms with Crippen molar-refractivity contribution in [1.82, 2.24) is 5.32 Å². The first-order valence-electron chi connectivity index (χ1n) is 6.45. The van der Waals surface area contributed by atoms with Crippen LogP contribution in [-0.2, 0) is 11.2 Å². The van der Waals surface area contributed by atoms with Gasteiger partial charge in [0.05, 0.1) is 22.1 Å². The zero-order valence-corrected chi connectivity index (χ0v) is 12.4. The molecule has 0 bridgehead atoms. The summed E-state index contributed by atoms with van der Waals surface area (Å²) in [5.74, 6) is 0.343. The molecule has 1 heterocycles. The van der Waals surface area contributed by atoms with Gasteiger partial charge < -0.3 is 10.4 Å². The Kier molecular flexibility index (Phi) is 4.10. The molecule has 0 unspecified atom stereocenters. The summed E-state index contributed by atoms with van der Waals surface area (Å²) in [6.07, 6.45) is 0.0854. The molecule has 3 nitrogen and oxygen atoms in total. The first-order valence-corrected chi connectivity index (χ1v) is 8.32. The third-order valence-corrected chi connectivity index (χ3v) is 5.49. The summed E-state index contributed by atoms with van der Waals surface area (Å²) in [5.41, 5.74) is 2.16. The Bertz CT molecular complexity index is 598. The number of rotatable bonds is 4. The van der Waals surface area contributed by atoms with Gasteiger partial charge in [-0.25, -0.2) is 0 Å². The second-order valence-corrected chi connectivity index (χ2v) is 6.96. The number of nitrogens with one attached hydrogen (secondary N) is 1. The quantitative estimate of drug-likeness (QED) is 0.854. The Morgan fingerprint density at radius 2 is 2.20 bits per heavy atom. The number of aliphatic hydroxyl groups is 1. The molecule has 1 aliphatic rings. The van der Waals surface area contributed by atoms with Crippen molar-refractivity contribution in [3.8, 4) is 0 Å². The van der Waals surface area contributed by atoms with Gasteiger partial charge in [-0.2, -0.15) is 0 Å². The molecule has 1 aliphatic carbocycles. The van der Waals surface area contributed by atoms with Gasteiger partial charge in [0.2, 0.25) is 5.91 Å². The van der Waals surface area contributed by atoms with E-state index < -0.39 is 6.10 Å². The normalized spacial score (nSPS) is 20.6. The Balaban J connectivity index is 1.61. The van der Waals surface area contributed by atoms with Crippen molar-refractivity contribution >= 4 is 29.0 Å². The van der Waals surface area contributed by atoms with Crippen molar-refractivity contribution < 1.29 is 9.90 Å². The van der Waals surface area contributed by atoms with Crippen LogP contribution in [0.2, 0.25) is 0 Å². The maximum absolute atomic E-state index is 12.0. The molecule has 2 N–H and O–H groups in total. The molecule has 0 fully saturated rings. The molecule has 3 rings (SSSR count). The molecular formula is C15H15NO2S2. The molecule has 0 radical (unpaired) electrons. The molecule has 0 saturated heterocycles. The van der Waals surface area contributed by atoms with Crippen LogP contribution in [0.15, 0.2) is 46.0 Å². The SMILES string of the molecule is O=C(CSc1cccs1)N[C@@H]1c2ccccc2C[C@@H]1O. The molecule has 1 aromatic heterocycles. The zero-order valence-electron chi connectivity index (χ0n) is 10.8. The Labute approximate surface area is 126 Å². The minimum Gasteiger partial charge on any atom is -0.390 e. The smallest absolute Gasteiger partial charge is 0.230 e. The Morgan fingerprint density at radius 3 is 3.00 bits per heavy atom. The van der Waals surface area contributed by atoms with Crippen LogP contribution in [0.3, 0.4) is 0 Å². The molecule has 0 saturated carbocycles. The number of carbonyl (C=O) groups excluding carboxylic acids is 1. The molecule has 1 aromatic carbocycles. The topological polar surface area (TPSA) is 49.3 Å². The summed E-state index contributed by atoms with van der Waals surface area (Å²) in [5, 5.41) is 15.0. The van der Waals surface area contributed by atoms with Crippen LogP contribution in [0.4, 0.5) is 0 Å². The summed E-state index contributed by atoms with van der Waals surface area (Å²) in [6, 6.07) is 11.6. The van der Waals surface area contributed by atoms with E-state index in [2.05, 4.69) is 5.32 Å². The average Bonchev–Trinajstić information content (AvgIpc) is 3.06. The molecule has 2 aromatic rings. The second kappa shape index (κ2) is 5.99. The van der Waals surface area contributed by atoms with E-state index in [4.69, 9.17) is 0 Å². The number of aliphatic hydroxyl groups excluding tert-OH is 1. The molecule has 20 heavy (non-hydrogen) atoms. The zero-order chi connectivity index (χ0) is 13.9. The predicted molar refractivity (Wildman–Crippen MR) is 82.1 cm³/mol. The minimum atomic E-state index is -0.525. The number of thioether (sulfide) groups is 1. The van der Waals surface area contributed by atoms with Gasteiger partial charge in [0, 0.05) is 6.42 Å². The van der Waals surface area contributed by atoms with Crippen molar-refractivity contribution in [2.45, 2.75) is 22.8 Å². The summed E-state index contributed by atoms with van der Waals surface area (Å²) >= 11 is 3.16. The van der Waals surface area contributed by atoms with E-state index in [0.29, 0.717) is 12.2 Å². The van der Waals surface area contributed by atoms with Crippen LogP contribution in [0.5, 0.6) is 0 Å². The fourth-order valence-electron chi connectivity index (χ4n) is 2.45. The van der Waals surface area contributed by atoms with Crippen LogP contribution in [0, 0.1) is 0 Å². The third-order valence-electron chi connectivity index (χ3n) is 3.36. The summed E-state index contributed by atoms with van der Waals surface area (Å²) in [6.45, 7) is 0. The van der Waals surface area contributed by atoms with Crippen molar-refractivity contribution in [2.24, 2.45) is 0 Å². The molecule has 0 aliphatic heterocycles. The molecule has 1 amide bonds. The number of benzene rings is 1. The van der Waals surface area contributed by atoms with E-state index in [1.165, 1.54) is 11.8 Å². The van der Waals surface area contributed by atoms with Crippen molar-refractivity contribution in [2.75, 3.05) is 5.75 Å². The number of carbonyl (C=O) groups is 1. The Morgan fingerprint density at radius 1 is 1.35 bits per heavy atom. The highest BCUT2D eigenvalue weighted by atomic mass is 32.2. The summed E-state index contributed by atoms with van der Waals surface area (Å²) in [7, 11) is 0. The van der Waals surface area contributed by atoms with E-state index in [9.17, 15) is 9.90 Å². The highest BCUT2D eigenvalue weighted by Crippen LogP contribution is 2.31. The number of amides is 1. The number of hydrogen-bond donors (Lipinski definition) is 2. The van der Waals surface area contributed by atoms with Gasteiger partial charge in [0.25, 0.3) is 0 Å². The third kappa shape index (κ3) is 2.90. The van der Waals surface area contributed by atoms with Crippen LogP contribution < -0.4 is 5.32 Å². The van der Waals surface area contributed by atoms with Gasteiger partial charge in [0.1, 0.15) is 0 Å². The first-order chi connectivity index (χ1) is 9.74. The van der Waals surface area contributed by atoms with Gasteiger partial charge in [-0.05, 0) is 22.6 Å². The lowest BCUT2D eigenvalue weighted by molar-refractivity contribution is -0.120. The molecule has 104 valence electrons. The molecule has 5 heteroatoms. The summed E-state index contributed by atoms with van der Waals surface area (Å²) < 4.78 is 1.13. The number of hydrogen-bond acceptors (Lipinski definition) is 4. The fraction of sp³-hybridized carbons (Fsp3) is 0.267. The second-order valence-electron chi connectivity index (χ2n) is 4.74. The first kappa shape index (κ1) is 13.7. The van der Waals surface area contributed by atoms with Crippen LogP contribution >= 0.6 is 23.1 Å². The van der Waals surface area contributed by atoms with Gasteiger partial charge >= 0.3 is 0 Å². The predicted octanol–water partition coefficient (Wildman–Crippen LogP) is 2.61. The summed E-state index contributed by atoms with van der Waals surface area (Å²) in [4.78, 5) is 12.0. The van der Waals surface area contributed by atoms with E-state index in [1.807, 2.05) is 41.8 Å².